The summed E-state index contributed by atoms with van der Waals surface area (Å²) >= 11 is 0. The van der Waals surface area contributed by atoms with Crippen LogP contribution in [0.2, 0.25) is 0 Å². The summed E-state index contributed by atoms with van der Waals surface area (Å²) in [5.41, 5.74) is 0.469. The van der Waals surface area contributed by atoms with Crippen LogP contribution in [0.5, 0.6) is 0 Å². The van der Waals surface area contributed by atoms with Crippen LogP contribution in [-0.2, 0) is 9.59 Å². The molecule has 0 atom stereocenters. The highest BCUT2D eigenvalue weighted by Gasteiger charge is 2.27. The van der Waals surface area contributed by atoms with Crippen molar-refractivity contribution in [3.05, 3.63) is 47.8 Å². The van der Waals surface area contributed by atoms with Gasteiger partial charge in [0.05, 0.1) is 0 Å². The Morgan fingerprint density at radius 2 is 1.68 bits per heavy atom. The number of carbonyl (C=O) groups excluding carboxylic acids is 2. The van der Waals surface area contributed by atoms with Gasteiger partial charge in [-0.05, 0) is 37.1 Å². The van der Waals surface area contributed by atoms with Gasteiger partial charge < -0.3 is 10.0 Å². The van der Waals surface area contributed by atoms with Crippen LogP contribution in [0, 0.1) is 11.7 Å². The van der Waals surface area contributed by atoms with Crippen LogP contribution in [0.4, 0.5) is 4.39 Å². The van der Waals surface area contributed by atoms with Crippen molar-refractivity contribution in [1.29, 1.82) is 0 Å². The largest absolute Gasteiger partial charge is 0.478 e. The second-order valence-corrected chi connectivity index (χ2v) is 5.14. The Morgan fingerprint density at radius 3 is 2.23 bits per heavy atom. The number of amides is 1. The third-order valence-corrected chi connectivity index (χ3v) is 3.67. The molecule has 0 spiro atoms. The molecule has 116 valence electrons. The summed E-state index contributed by atoms with van der Waals surface area (Å²) in [6.45, 7) is 0.806. The fourth-order valence-electron chi connectivity index (χ4n) is 2.46. The van der Waals surface area contributed by atoms with Crippen molar-refractivity contribution < 1.29 is 23.9 Å². The van der Waals surface area contributed by atoms with Crippen molar-refractivity contribution in [3.8, 4) is 0 Å². The summed E-state index contributed by atoms with van der Waals surface area (Å²) < 4.78 is 12.9. The molecule has 1 aliphatic heterocycles. The van der Waals surface area contributed by atoms with Crippen LogP contribution in [0.3, 0.4) is 0 Å². The molecule has 1 fully saturated rings. The average Bonchev–Trinajstić information content (AvgIpc) is 2.53. The number of halogens is 1. The maximum Gasteiger partial charge on any atom is 0.328 e. The van der Waals surface area contributed by atoms with Crippen molar-refractivity contribution in [3.63, 3.8) is 0 Å². The number of carbonyl (C=O) groups is 3. The first kappa shape index (κ1) is 15.9. The quantitative estimate of drug-likeness (QED) is 0.681. The molecule has 1 heterocycles. The molecule has 0 aliphatic carbocycles. The predicted octanol–water partition coefficient (Wildman–Crippen LogP) is 1.89. The molecule has 1 aromatic rings. The van der Waals surface area contributed by atoms with Crippen molar-refractivity contribution in [2.75, 3.05) is 13.1 Å². The first-order valence-corrected chi connectivity index (χ1v) is 6.97. The van der Waals surface area contributed by atoms with Gasteiger partial charge in [-0.3, -0.25) is 9.59 Å². The molecule has 1 N–H and O–H groups in total. The number of likely N-dealkylation sites (tertiary alicyclic amines) is 1. The Kier molecular flexibility index (Phi) is 5.04. The minimum absolute atomic E-state index is 0.0480. The summed E-state index contributed by atoms with van der Waals surface area (Å²) in [5, 5.41) is 8.49. The first-order chi connectivity index (χ1) is 10.5. The SMILES string of the molecule is O=C(O)/C=C/C(=O)N1CCC(C(=O)c2ccc(F)cc2)CC1. The molecule has 0 aromatic heterocycles. The van der Waals surface area contributed by atoms with E-state index in [1.165, 1.54) is 29.2 Å². The van der Waals surface area contributed by atoms with Crippen LogP contribution >= 0.6 is 0 Å². The Bertz CT molecular complexity index is 601. The lowest BCUT2D eigenvalue weighted by Gasteiger charge is -2.30. The molecule has 0 saturated carbocycles. The molecule has 5 nitrogen and oxygen atoms in total. The van der Waals surface area contributed by atoms with Gasteiger partial charge in [-0.25, -0.2) is 9.18 Å². The summed E-state index contributed by atoms with van der Waals surface area (Å²) in [4.78, 5) is 35.9. The zero-order chi connectivity index (χ0) is 16.1. The first-order valence-electron chi connectivity index (χ1n) is 6.97. The maximum absolute atomic E-state index is 12.9. The van der Waals surface area contributed by atoms with Crippen molar-refractivity contribution in [1.82, 2.24) is 4.90 Å². The zero-order valence-corrected chi connectivity index (χ0v) is 11.9. The molecule has 2 rings (SSSR count). The van der Waals surface area contributed by atoms with Crippen molar-refractivity contribution in [2.24, 2.45) is 5.92 Å². The molecule has 1 aromatic carbocycles. The number of ketones is 1. The molecule has 1 saturated heterocycles. The minimum Gasteiger partial charge on any atom is -0.478 e. The number of nitrogens with zero attached hydrogens (tertiary/aromatic N) is 1. The fraction of sp³-hybridized carbons (Fsp3) is 0.312. The summed E-state index contributed by atoms with van der Waals surface area (Å²) in [5.74, 6) is -2.17. The van der Waals surface area contributed by atoms with Gasteiger partial charge in [-0.2, -0.15) is 0 Å². The molecular weight excluding hydrogens is 289 g/mol. The van der Waals surface area contributed by atoms with E-state index in [1.807, 2.05) is 0 Å². The Morgan fingerprint density at radius 1 is 1.09 bits per heavy atom. The summed E-state index contributed by atoms with van der Waals surface area (Å²) in [6, 6.07) is 5.43. The number of carboxylic acid groups (broad SMARTS) is 1. The molecule has 0 unspecified atom stereocenters. The molecule has 0 radical (unpaired) electrons. The number of carboxylic acids is 1. The lowest BCUT2D eigenvalue weighted by atomic mass is 9.89. The van der Waals surface area contributed by atoms with E-state index in [0.717, 1.165) is 12.2 Å². The van der Waals surface area contributed by atoms with E-state index >= 15 is 0 Å². The number of hydrogen-bond acceptors (Lipinski definition) is 3. The molecular formula is C16H16FNO4. The van der Waals surface area contributed by atoms with Gasteiger partial charge >= 0.3 is 5.97 Å². The number of hydrogen-bond donors (Lipinski definition) is 1. The van der Waals surface area contributed by atoms with Crippen LogP contribution in [0.15, 0.2) is 36.4 Å². The number of rotatable bonds is 4. The van der Waals surface area contributed by atoms with Gasteiger partial charge in [-0.1, -0.05) is 0 Å². The molecule has 1 amide bonds. The topological polar surface area (TPSA) is 74.7 Å². The number of piperidine rings is 1. The van der Waals surface area contributed by atoms with Gasteiger partial charge in [0.15, 0.2) is 5.78 Å². The van der Waals surface area contributed by atoms with Crippen LogP contribution in [0.25, 0.3) is 0 Å². The van der Waals surface area contributed by atoms with Gasteiger partial charge in [0.25, 0.3) is 0 Å². The van der Waals surface area contributed by atoms with E-state index < -0.39 is 5.97 Å². The number of Topliss-reactive ketones (excluding diaryl/α,β-unsaturated/α-hetero) is 1. The fourth-order valence-corrected chi connectivity index (χ4v) is 2.46. The second kappa shape index (κ2) is 6.98. The smallest absolute Gasteiger partial charge is 0.328 e. The van der Waals surface area contributed by atoms with E-state index in [4.69, 9.17) is 5.11 Å². The standard InChI is InChI=1S/C16H16FNO4/c17-13-3-1-11(2-4-13)16(22)12-7-9-18(10-8-12)14(19)5-6-15(20)21/h1-6,12H,7-10H2,(H,20,21)/b6-5+. The van der Waals surface area contributed by atoms with Gasteiger partial charge in [0.2, 0.25) is 5.91 Å². The third-order valence-electron chi connectivity index (χ3n) is 3.67. The molecule has 0 bridgehead atoms. The molecule has 6 heteroatoms. The van der Waals surface area contributed by atoms with E-state index in [-0.39, 0.29) is 23.4 Å². The highest BCUT2D eigenvalue weighted by Crippen LogP contribution is 2.22. The van der Waals surface area contributed by atoms with Crippen LogP contribution < -0.4 is 0 Å². The van der Waals surface area contributed by atoms with E-state index in [2.05, 4.69) is 0 Å². The predicted molar refractivity (Wildman–Crippen MR) is 76.8 cm³/mol. The average molecular weight is 305 g/mol. The monoisotopic (exact) mass is 305 g/mol. The number of benzene rings is 1. The van der Waals surface area contributed by atoms with Gasteiger partial charge in [-0.15, -0.1) is 0 Å². The molecule has 22 heavy (non-hydrogen) atoms. The summed E-state index contributed by atoms with van der Waals surface area (Å²) in [6.07, 6.45) is 2.86. The van der Waals surface area contributed by atoms with Crippen LogP contribution in [0.1, 0.15) is 23.2 Å². The Labute approximate surface area is 127 Å². The van der Waals surface area contributed by atoms with E-state index in [1.54, 1.807) is 0 Å². The lowest BCUT2D eigenvalue weighted by Crippen LogP contribution is -2.39. The molecule has 1 aliphatic rings. The minimum atomic E-state index is -1.17. The van der Waals surface area contributed by atoms with Crippen LogP contribution in [-0.4, -0.2) is 40.8 Å². The zero-order valence-electron chi connectivity index (χ0n) is 11.9. The third kappa shape index (κ3) is 4.00. The van der Waals surface area contributed by atoms with Gasteiger partial charge in [0.1, 0.15) is 5.82 Å². The maximum atomic E-state index is 12.9. The van der Waals surface area contributed by atoms with Crippen molar-refractivity contribution >= 4 is 17.7 Å². The van der Waals surface area contributed by atoms with E-state index in [9.17, 15) is 18.8 Å². The van der Waals surface area contributed by atoms with E-state index in [0.29, 0.717) is 31.5 Å². The normalized spacial score (nSPS) is 16.0. The second-order valence-electron chi connectivity index (χ2n) is 5.14. The van der Waals surface area contributed by atoms with Crippen molar-refractivity contribution in [2.45, 2.75) is 12.8 Å². The highest BCUT2D eigenvalue weighted by molar-refractivity contribution is 5.98. The highest BCUT2D eigenvalue weighted by atomic mass is 19.1. The summed E-state index contributed by atoms with van der Waals surface area (Å²) in [7, 11) is 0. The lowest BCUT2D eigenvalue weighted by molar-refractivity contribution is -0.132. The Balaban J connectivity index is 1.91. The Hall–Kier alpha value is -2.50. The van der Waals surface area contributed by atoms with Gasteiger partial charge in [0, 0.05) is 36.7 Å². The number of aliphatic carboxylic acids is 1.